The number of nitrogens with two attached hydrogens (primary N) is 1. The molecule has 3 aromatic rings. The van der Waals surface area contributed by atoms with Gasteiger partial charge in [-0.2, -0.15) is 5.10 Å². The summed E-state index contributed by atoms with van der Waals surface area (Å²) in [7, 11) is 0. The van der Waals surface area contributed by atoms with Gasteiger partial charge >= 0.3 is 0 Å². The van der Waals surface area contributed by atoms with Crippen LogP contribution in [0.3, 0.4) is 0 Å². The fourth-order valence-corrected chi connectivity index (χ4v) is 3.30. The van der Waals surface area contributed by atoms with Crippen LogP contribution in [0.4, 0.5) is 0 Å². The molecule has 1 fully saturated rings. The Labute approximate surface area is 138 Å². The Balaban J connectivity index is 1.49. The molecule has 0 bridgehead atoms. The second-order valence-electron chi connectivity index (χ2n) is 6.14. The Bertz CT molecular complexity index is 868. The van der Waals surface area contributed by atoms with Crippen molar-refractivity contribution in [2.45, 2.75) is 25.4 Å². The molecule has 8 nitrogen and oxygen atoms in total. The van der Waals surface area contributed by atoms with Crippen molar-refractivity contribution < 1.29 is 4.79 Å². The first-order valence-corrected chi connectivity index (χ1v) is 8.05. The molecule has 1 saturated heterocycles. The van der Waals surface area contributed by atoms with E-state index in [-0.39, 0.29) is 11.9 Å². The maximum absolute atomic E-state index is 11.2. The topological polar surface area (TPSA) is 94.3 Å². The van der Waals surface area contributed by atoms with Crippen LogP contribution in [0.2, 0.25) is 0 Å². The molecule has 0 unspecified atom stereocenters. The zero-order valence-electron chi connectivity index (χ0n) is 13.2. The van der Waals surface area contributed by atoms with Gasteiger partial charge in [-0.05, 0) is 31.5 Å². The lowest BCUT2D eigenvalue weighted by Crippen LogP contribution is -2.36. The third-order valence-corrected chi connectivity index (χ3v) is 4.48. The average molecular weight is 325 g/mol. The summed E-state index contributed by atoms with van der Waals surface area (Å²) in [5, 5.41) is 8.60. The predicted molar refractivity (Wildman–Crippen MR) is 87.3 cm³/mol. The molecule has 2 N–H and O–H groups in total. The van der Waals surface area contributed by atoms with Gasteiger partial charge in [-0.25, -0.2) is 14.2 Å². The highest BCUT2D eigenvalue weighted by atomic mass is 16.1. The van der Waals surface area contributed by atoms with Crippen LogP contribution < -0.4 is 5.73 Å². The Morgan fingerprint density at radius 3 is 3.12 bits per heavy atom. The largest absolute Gasteiger partial charge is 0.363 e. The van der Waals surface area contributed by atoms with E-state index in [0.29, 0.717) is 0 Å². The third-order valence-electron chi connectivity index (χ3n) is 4.48. The van der Waals surface area contributed by atoms with E-state index in [1.807, 2.05) is 29.0 Å². The molecule has 0 radical (unpaired) electrons. The summed E-state index contributed by atoms with van der Waals surface area (Å²) in [5.74, 6) is -0.512. The number of likely N-dealkylation sites (tertiary alicyclic amines) is 1. The molecule has 0 saturated carbocycles. The van der Waals surface area contributed by atoms with Crippen molar-refractivity contribution >= 4 is 11.4 Å². The number of amides is 1. The number of carbonyl (C=O) groups excluding carboxylic acids is 1. The van der Waals surface area contributed by atoms with E-state index in [0.717, 1.165) is 38.0 Å². The van der Waals surface area contributed by atoms with Gasteiger partial charge in [0.2, 0.25) is 5.82 Å². The number of piperidine rings is 1. The van der Waals surface area contributed by atoms with E-state index in [1.54, 1.807) is 11.0 Å². The first-order chi connectivity index (χ1) is 11.7. The molecule has 124 valence electrons. The molecule has 1 aliphatic heterocycles. The number of aromatic nitrogens is 5. The molecule has 24 heavy (non-hydrogen) atoms. The summed E-state index contributed by atoms with van der Waals surface area (Å²) in [6.07, 6.45) is 7.59. The molecule has 1 atom stereocenters. The Hall–Kier alpha value is -2.74. The van der Waals surface area contributed by atoms with Crippen molar-refractivity contribution in [3.63, 3.8) is 0 Å². The van der Waals surface area contributed by atoms with E-state index >= 15 is 0 Å². The zero-order valence-corrected chi connectivity index (χ0v) is 13.2. The van der Waals surface area contributed by atoms with Gasteiger partial charge < -0.3 is 5.73 Å². The minimum atomic E-state index is -0.590. The summed E-state index contributed by atoms with van der Waals surface area (Å²) in [4.78, 5) is 17.5. The number of primary amides is 1. The monoisotopic (exact) mass is 325 g/mol. The first kappa shape index (κ1) is 14.8. The molecular formula is C16H19N7O. The van der Waals surface area contributed by atoms with Crippen LogP contribution in [-0.2, 0) is 6.54 Å². The van der Waals surface area contributed by atoms with E-state index in [9.17, 15) is 4.79 Å². The molecule has 4 rings (SSSR count). The molecule has 4 heterocycles. The lowest BCUT2D eigenvalue weighted by Gasteiger charge is -2.32. The average Bonchev–Trinajstić information content (AvgIpc) is 3.23. The van der Waals surface area contributed by atoms with Crippen molar-refractivity contribution in [1.82, 2.24) is 29.3 Å². The Kier molecular flexibility index (Phi) is 3.73. The summed E-state index contributed by atoms with van der Waals surface area (Å²) >= 11 is 0. The smallest absolute Gasteiger partial charge is 0.288 e. The van der Waals surface area contributed by atoms with Crippen LogP contribution in [0.1, 0.15) is 35.1 Å². The number of fused-ring (bicyclic) bond motifs is 1. The predicted octanol–water partition coefficient (Wildman–Crippen LogP) is 0.862. The highest BCUT2D eigenvalue weighted by molar-refractivity contribution is 5.88. The van der Waals surface area contributed by atoms with E-state index < -0.39 is 5.91 Å². The fourth-order valence-electron chi connectivity index (χ4n) is 3.30. The van der Waals surface area contributed by atoms with Gasteiger partial charge in [0.25, 0.3) is 5.91 Å². The fraction of sp³-hybridized carbons (Fsp3) is 0.375. The standard InChI is InChI=1S/C16H19N7O/c17-15(24)16-18-11-23(20-16)13-4-3-6-21(10-13)9-12-8-19-22-7-2-1-5-14(12)22/h1-2,5,7-8,11,13H,3-4,6,9-10H2,(H2,17,24)/t13-/m0/s1. The lowest BCUT2D eigenvalue weighted by atomic mass is 10.1. The van der Waals surface area contributed by atoms with E-state index in [1.165, 1.54) is 5.56 Å². The second-order valence-corrected chi connectivity index (χ2v) is 6.14. The van der Waals surface area contributed by atoms with Crippen molar-refractivity contribution in [3.8, 4) is 0 Å². The number of rotatable bonds is 4. The molecule has 3 aromatic heterocycles. The normalized spacial score (nSPS) is 18.9. The molecule has 0 spiro atoms. The van der Waals surface area contributed by atoms with Crippen molar-refractivity contribution in [3.05, 3.63) is 48.3 Å². The molecule has 0 aliphatic carbocycles. The molecular weight excluding hydrogens is 306 g/mol. The first-order valence-electron chi connectivity index (χ1n) is 8.05. The minimum absolute atomic E-state index is 0.0785. The summed E-state index contributed by atoms with van der Waals surface area (Å²) in [6, 6.07) is 6.30. The van der Waals surface area contributed by atoms with Crippen LogP contribution in [0, 0.1) is 0 Å². The number of hydrogen-bond acceptors (Lipinski definition) is 5. The van der Waals surface area contributed by atoms with Gasteiger partial charge in [0.1, 0.15) is 6.33 Å². The summed E-state index contributed by atoms with van der Waals surface area (Å²) in [5.41, 5.74) is 7.58. The van der Waals surface area contributed by atoms with Gasteiger partial charge in [0, 0.05) is 24.8 Å². The lowest BCUT2D eigenvalue weighted by molar-refractivity contribution is 0.0989. The summed E-state index contributed by atoms with van der Waals surface area (Å²) in [6.45, 7) is 2.76. The minimum Gasteiger partial charge on any atom is -0.363 e. The SMILES string of the molecule is NC(=O)c1ncn([C@H]2CCCN(Cc3cnn4ccccc34)C2)n1. The number of nitrogens with zero attached hydrogens (tertiary/aromatic N) is 6. The van der Waals surface area contributed by atoms with E-state index in [2.05, 4.69) is 26.1 Å². The number of carbonyl (C=O) groups is 1. The van der Waals surface area contributed by atoms with Crippen LogP contribution in [0.15, 0.2) is 36.9 Å². The number of hydrogen-bond donors (Lipinski definition) is 1. The van der Waals surface area contributed by atoms with Gasteiger partial charge in [0.05, 0.1) is 17.8 Å². The van der Waals surface area contributed by atoms with Gasteiger partial charge in [-0.3, -0.25) is 9.69 Å². The van der Waals surface area contributed by atoms with E-state index in [4.69, 9.17) is 5.73 Å². The Morgan fingerprint density at radius 1 is 1.38 bits per heavy atom. The van der Waals surface area contributed by atoms with Crippen molar-refractivity contribution in [2.75, 3.05) is 13.1 Å². The highest BCUT2D eigenvalue weighted by Gasteiger charge is 2.23. The maximum atomic E-state index is 11.2. The van der Waals surface area contributed by atoms with Gasteiger partial charge in [-0.15, -0.1) is 5.10 Å². The second kappa shape index (κ2) is 6.04. The highest BCUT2D eigenvalue weighted by Crippen LogP contribution is 2.23. The maximum Gasteiger partial charge on any atom is 0.288 e. The van der Waals surface area contributed by atoms with Crippen LogP contribution >= 0.6 is 0 Å². The molecule has 0 aromatic carbocycles. The zero-order chi connectivity index (χ0) is 16.5. The van der Waals surface area contributed by atoms with Gasteiger partial charge in [-0.1, -0.05) is 6.07 Å². The van der Waals surface area contributed by atoms with Gasteiger partial charge in [0.15, 0.2) is 0 Å². The third kappa shape index (κ3) is 2.76. The molecule has 8 heteroatoms. The quantitative estimate of drug-likeness (QED) is 0.768. The summed E-state index contributed by atoms with van der Waals surface area (Å²) < 4.78 is 3.66. The van der Waals surface area contributed by atoms with Crippen LogP contribution in [0.25, 0.3) is 5.52 Å². The van der Waals surface area contributed by atoms with Crippen LogP contribution in [-0.4, -0.2) is 48.3 Å². The van der Waals surface area contributed by atoms with Crippen LogP contribution in [0.5, 0.6) is 0 Å². The number of pyridine rings is 1. The van der Waals surface area contributed by atoms with Crippen molar-refractivity contribution in [2.24, 2.45) is 5.73 Å². The molecule has 1 amide bonds. The molecule has 1 aliphatic rings. The Morgan fingerprint density at radius 2 is 2.29 bits per heavy atom. The van der Waals surface area contributed by atoms with Crippen molar-refractivity contribution in [1.29, 1.82) is 0 Å².